The van der Waals surface area contributed by atoms with Crippen LogP contribution in [-0.4, -0.2) is 18.7 Å². The van der Waals surface area contributed by atoms with Gasteiger partial charge in [-0.3, -0.25) is 5.32 Å². The molecule has 0 amide bonds. The largest absolute Gasteiger partial charge is 0.438 e. The van der Waals surface area contributed by atoms with Crippen LogP contribution in [0, 0.1) is 0 Å². The summed E-state index contributed by atoms with van der Waals surface area (Å²) < 4.78 is 4.65. The van der Waals surface area contributed by atoms with Crippen molar-refractivity contribution in [3.05, 3.63) is 0 Å². The van der Waals surface area contributed by atoms with Gasteiger partial charge in [-0.1, -0.05) is 13.8 Å². The Hall–Kier alpha value is -0.570. The van der Waals surface area contributed by atoms with E-state index < -0.39 is 0 Å². The summed E-state index contributed by atoms with van der Waals surface area (Å²) in [5.74, 6) is 0. The fraction of sp³-hybridized carbons (Fsp3) is 0.875. The van der Waals surface area contributed by atoms with Gasteiger partial charge >= 0.3 is 6.47 Å². The van der Waals surface area contributed by atoms with E-state index in [4.69, 9.17) is 0 Å². The van der Waals surface area contributed by atoms with Gasteiger partial charge in [-0.05, 0) is 19.8 Å². The Kier molecular flexibility index (Phi) is 5.84. The number of hydrogen-bond acceptors (Lipinski definition) is 3. The maximum atomic E-state index is 9.86. The SMILES string of the molecule is CCC(C)NC(CC)O[C]=O. The molecule has 3 nitrogen and oxygen atoms in total. The molecular formula is C8H16NO2. The molecule has 0 aromatic heterocycles. The Labute approximate surface area is 68.1 Å². The Morgan fingerprint density at radius 3 is 2.45 bits per heavy atom. The molecule has 1 N–H and O–H groups in total. The number of hydrogen-bond donors (Lipinski definition) is 1. The third-order valence-electron chi connectivity index (χ3n) is 1.64. The van der Waals surface area contributed by atoms with Gasteiger partial charge in [0.05, 0.1) is 0 Å². The highest BCUT2D eigenvalue weighted by molar-refractivity contribution is 5.38. The van der Waals surface area contributed by atoms with Crippen LogP contribution in [0.4, 0.5) is 0 Å². The third-order valence-corrected chi connectivity index (χ3v) is 1.64. The highest BCUT2D eigenvalue weighted by atomic mass is 16.5. The first-order valence-electron chi connectivity index (χ1n) is 4.03. The van der Waals surface area contributed by atoms with Crippen molar-refractivity contribution in [3.8, 4) is 0 Å². The van der Waals surface area contributed by atoms with Crippen molar-refractivity contribution in [2.24, 2.45) is 0 Å². The zero-order valence-corrected chi connectivity index (χ0v) is 7.39. The van der Waals surface area contributed by atoms with Crippen molar-refractivity contribution in [1.29, 1.82) is 0 Å². The van der Waals surface area contributed by atoms with E-state index in [1.807, 2.05) is 6.92 Å². The number of rotatable bonds is 6. The van der Waals surface area contributed by atoms with E-state index in [1.54, 1.807) is 0 Å². The first kappa shape index (κ1) is 10.4. The molecule has 11 heavy (non-hydrogen) atoms. The van der Waals surface area contributed by atoms with E-state index in [2.05, 4.69) is 23.9 Å². The molecule has 0 aliphatic carbocycles. The summed E-state index contributed by atoms with van der Waals surface area (Å²) >= 11 is 0. The predicted octanol–water partition coefficient (Wildman–Crippen LogP) is 1.19. The zero-order chi connectivity index (χ0) is 8.69. The van der Waals surface area contributed by atoms with Crippen LogP contribution < -0.4 is 5.32 Å². The molecule has 0 heterocycles. The quantitative estimate of drug-likeness (QED) is 0.590. The Bertz CT molecular complexity index is 106. The molecule has 1 radical (unpaired) electrons. The molecule has 0 fully saturated rings. The second-order valence-electron chi connectivity index (χ2n) is 2.57. The minimum Gasteiger partial charge on any atom is -0.438 e. The van der Waals surface area contributed by atoms with Crippen molar-refractivity contribution >= 4 is 6.47 Å². The van der Waals surface area contributed by atoms with Gasteiger partial charge in [0.1, 0.15) is 0 Å². The van der Waals surface area contributed by atoms with Crippen molar-refractivity contribution < 1.29 is 9.53 Å². The second-order valence-corrected chi connectivity index (χ2v) is 2.57. The molecule has 2 atom stereocenters. The number of carbonyl (C=O) groups excluding carboxylic acids is 1. The third kappa shape index (κ3) is 4.79. The lowest BCUT2D eigenvalue weighted by Gasteiger charge is -2.18. The fourth-order valence-corrected chi connectivity index (χ4v) is 0.728. The normalized spacial score (nSPS) is 15.5. The van der Waals surface area contributed by atoms with E-state index in [0.717, 1.165) is 12.8 Å². The lowest BCUT2D eigenvalue weighted by atomic mass is 10.2. The second kappa shape index (κ2) is 6.16. The molecular weight excluding hydrogens is 142 g/mol. The van der Waals surface area contributed by atoms with Crippen LogP contribution in [0.15, 0.2) is 0 Å². The van der Waals surface area contributed by atoms with Gasteiger partial charge in [-0.15, -0.1) is 0 Å². The van der Waals surface area contributed by atoms with E-state index in [-0.39, 0.29) is 6.23 Å². The molecule has 0 rings (SSSR count). The molecule has 3 heteroatoms. The van der Waals surface area contributed by atoms with Crippen molar-refractivity contribution in [3.63, 3.8) is 0 Å². The number of nitrogens with one attached hydrogen (secondary N) is 1. The van der Waals surface area contributed by atoms with Crippen LogP contribution in [0.25, 0.3) is 0 Å². The van der Waals surface area contributed by atoms with Gasteiger partial charge in [0, 0.05) is 6.04 Å². The topological polar surface area (TPSA) is 38.3 Å². The van der Waals surface area contributed by atoms with Gasteiger partial charge in [-0.25, -0.2) is 4.79 Å². The van der Waals surface area contributed by atoms with Gasteiger partial charge < -0.3 is 4.74 Å². The van der Waals surface area contributed by atoms with E-state index in [9.17, 15) is 4.79 Å². The van der Waals surface area contributed by atoms with Crippen molar-refractivity contribution in [2.75, 3.05) is 0 Å². The average Bonchev–Trinajstić information content (AvgIpc) is 2.03. The Morgan fingerprint density at radius 1 is 1.45 bits per heavy atom. The van der Waals surface area contributed by atoms with Crippen LogP contribution in [0.1, 0.15) is 33.6 Å². The Balaban J connectivity index is 3.57. The van der Waals surface area contributed by atoms with Crippen LogP contribution in [-0.2, 0) is 9.53 Å². The predicted molar refractivity (Wildman–Crippen MR) is 43.7 cm³/mol. The minimum absolute atomic E-state index is 0.178. The maximum absolute atomic E-state index is 9.86. The summed E-state index contributed by atoms with van der Waals surface area (Å²) in [6.45, 7) is 7.52. The summed E-state index contributed by atoms with van der Waals surface area (Å²) in [7, 11) is 0. The molecule has 0 aliphatic rings. The van der Waals surface area contributed by atoms with Crippen LogP contribution in [0.5, 0.6) is 0 Å². The molecule has 65 valence electrons. The highest BCUT2D eigenvalue weighted by Gasteiger charge is 2.08. The molecule has 0 saturated carbocycles. The van der Waals surface area contributed by atoms with Crippen LogP contribution >= 0.6 is 0 Å². The first-order chi connectivity index (χ1) is 5.24. The lowest BCUT2D eigenvalue weighted by Crippen LogP contribution is -2.37. The fourth-order valence-electron chi connectivity index (χ4n) is 0.728. The van der Waals surface area contributed by atoms with Gasteiger partial charge in [0.15, 0.2) is 6.23 Å². The van der Waals surface area contributed by atoms with E-state index in [0.29, 0.717) is 6.04 Å². The standard InChI is InChI=1S/C8H16NO2/c1-4-7(3)9-8(5-2)11-6-10/h7-9H,4-5H2,1-3H3. The van der Waals surface area contributed by atoms with Gasteiger partial charge in [0.25, 0.3) is 0 Å². The molecule has 0 aromatic rings. The smallest absolute Gasteiger partial charge is 0.419 e. The monoisotopic (exact) mass is 158 g/mol. The lowest BCUT2D eigenvalue weighted by molar-refractivity contribution is 0.125. The minimum atomic E-state index is -0.178. The molecule has 0 spiro atoms. The summed E-state index contributed by atoms with van der Waals surface area (Å²) in [5.41, 5.74) is 0. The number of ether oxygens (including phenoxy) is 1. The van der Waals surface area contributed by atoms with Crippen molar-refractivity contribution in [2.45, 2.75) is 45.9 Å². The summed E-state index contributed by atoms with van der Waals surface area (Å²) in [6.07, 6.45) is 1.63. The highest BCUT2D eigenvalue weighted by Crippen LogP contribution is 1.96. The molecule has 0 saturated heterocycles. The maximum Gasteiger partial charge on any atom is 0.419 e. The zero-order valence-electron chi connectivity index (χ0n) is 7.39. The molecule has 0 aliphatic heterocycles. The van der Waals surface area contributed by atoms with Gasteiger partial charge in [-0.2, -0.15) is 0 Å². The molecule has 2 unspecified atom stereocenters. The van der Waals surface area contributed by atoms with Crippen LogP contribution in [0.3, 0.4) is 0 Å². The first-order valence-corrected chi connectivity index (χ1v) is 4.03. The van der Waals surface area contributed by atoms with E-state index >= 15 is 0 Å². The average molecular weight is 158 g/mol. The Morgan fingerprint density at radius 2 is 2.09 bits per heavy atom. The molecule has 0 bridgehead atoms. The summed E-state index contributed by atoms with van der Waals surface area (Å²) in [4.78, 5) is 9.86. The van der Waals surface area contributed by atoms with Crippen molar-refractivity contribution in [1.82, 2.24) is 5.32 Å². The summed E-state index contributed by atoms with van der Waals surface area (Å²) in [6, 6.07) is 0.383. The van der Waals surface area contributed by atoms with E-state index in [1.165, 1.54) is 6.47 Å². The summed E-state index contributed by atoms with van der Waals surface area (Å²) in [5, 5.41) is 3.13. The van der Waals surface area contributed by atoms with Crippen LogP contribution in [0.2, 0.25) is 0 Å². The molecule has 0 aromatic carbocycles. The van der Waals surface area contributed by atoms with Gasteiger partial charge in [0.2, 0.25) is 0 Å².